The van der Waals surface area contributed by atoms with Crippen LogP contribution in [0.1, 0.15) is 18.4 Å². The van der Waals surface area contributed by atoms with E-state index in [0.29, 0.717) is 19.3 Å². The summed E-state index contributed by atoms with van der Waals surface area (Å²) in [4.78, 5) is 4.11. The van der Waals surface area contributed by atoms with Crippen molar-refractivity contribution in [2.45, 2.75) is 31.5 Å². The normalized spacial score (nSPS) is 20.5. The number of aromatic nitrogens is 1. The Morgan fingerprint density at radius 1 is 1.44 bits per heavy atom. The van der Waals surface area contributed by atoms with Crippen LogP contribution in [-0.4, -0.2) is 30.3 Å². The molecule has 1 aromatic rings. The SMILES string of the molecule is c1cc(CNC2CC2)c(OC2COC2)cn1. The molecule has 0 spiro atoms. The highest BCUT2D eigenvalue weighted by Gasteiger charge is 2.23. The number of rotatable bonds is 5. The van der Waals surface area contributed by atoms with Gasteiger partial charge in [-0.1, -0.05) is 0 Å². The Morgan fingerprint density at radius 3 is 3.00 bits per heavy atom. The highest BCUT2D eigenvalue weighted by atomic mass is 16.6. The molecule has 0 aromatic carbocycles. The van der Waals surface area contributed by atoms with Crippen LogP contribution < -0.4 is 10.1 Å². The van der Waals surface area contributed by atoms with Gasteiger partial charge in [-0.3, -0.25) is 4.98 Å². The molecule has 1 saturated carbocycles. The van der Waals surface area contributed by atoms with Crippen molar-refractivity contribution >= 4 is 0 Å². The molecule has 0 amide bonds. The van der Waals surface area contributed by atoms with Gasteiger partial charge in [-0.25, -0.2) is 0 Å². The third-order valence-electron chi connectivity index (χ3n) is 2.93. The predicted molar refractivity (Wildman–Crippen MR) is 59.3 cm³/mol. The third kappa shape index (κ3) is 2.33. The van der Waals surface area contributed by atoms with Crippen molar-refractivity contribution in [3.63, 3.8) is 0 Å². The lowest BCUT2D eigenvalue weighted by Gasteiger charge is -2.27. The lowest BCUT2D eigenvalue weighted by atomic mass is 10.2. The highest BCUT2D eigenvalue weighted by Crippen LogP contribution is 2.23. The Balaban J connectivity index is 1.63. The number of hydrogen-bond acceptors (Lipinski definition) is 4. The second-order valence-electron chi connectivity index (χ2n) is 4.42. The van der Waals surface area contributed by atoms with E-state index >= 15 is 0 Å². The second kappa shape index (κ2) is 4.39. The zero-order valence-electron chi connectivity index (χ0n) is 9.19. The average molecular weight is 220 g/mol. The van der Waals surface area contributed by atoms with Gasteiger partial charge in [0.2, 0.25) is 0 Å². The molecule has 0 unspecified atom stereocenters. The molecule has 1 N–H and O–H groups in total. The quantitative estimate of drug-likeness (QED) is 0.807. The van der Waals surface area contributed by atoms with Crippen LogP contribution in [0.5, 0.6) is 5.75 Å². The van der Waals surface area contributed by atoms with E-state index in [-0.39, 0.29) is 6.10 Å². The summed E-state index contributed by atoms with van der Waals surface area (Å²) in [5.74, 6) is 0.893. The van der Waals surface area contributed by atoms with Crippen molar-refractivity contribution in [1.82, 2.24) is 10.3 Å². The Morgan fingerprint density at radius 2 is 2.31 bits per heavy atom. The van der Waals surface area contributed by atoms with Gasteiger partial charge in [0.25, 0.3) is 0 Å². The lowest BCUT2D eigenvalue weighted by Crippen LogP contribution is -2.38. The van der Waals surface area contributed by atoms with Crippen LogP contribution in [0.25, 0.3) is 0 Å². The number of hydrogen-bond donors (Lipinski definition) is 1. The first-order valence-electron chi connectivity index (χ1n) is 5.82. The summed E-state index contributed by atoms with van der Waals surface area (Å²) in [6.45, 7) is 2.27. The standard InChI is InChI=1S/C12H16N2O2/c1-2-10(1)14-5-9-3-4-13-6-12(9)16-11-7-15-8-11/h3-4,6,10-11,14H,1-2,5,7-8H2. The van der Waals surface area contributed by atoms with Gasteiger partial charge < -0.3 is 14.8 Å². The van der Waals surface area contributed by atoms with E-state index in [1.54, 1.807) is 6.20 Å². The van der Waals surface area contributed by atoms with E-state index in [2.05, 4.69) is 10.3 Å². The molecule has 16 heavy (non-hydrogen) atoms. The van der Waals surface area contributed by atoms with Crippen LogP contribution in [0, 0.1) is 0 Å². The van der Waals surface area contributed by atoms with E-state index in [1.807, 2.05) is 12.3 Å². The average Bonchev–Trinajstić information content (AvgIpc) is 3.05. The zero-order valence-corrected chi connectivity index (χ0v) is 9.19. The molecule has 0 bridgehead atoms. The fraction of sp³-hybridized carbons (Fsp3) is 0.583. The van der Waals surface area contributed by atoms with Crippen molar-refractivity contribution in [2.75, 3.05) is 13.2 Å². The minimum absolute atomic E-state index is 0.212. The van der Waals surface area contributed by atoms with Crippen LogP contribution in [0.4, 0.5) is 0 Å². The summed E-state index contributed by atoms with van der Waals surface area (Å²) in [7, 11) is 0. The molecule has 2 aliphatic rings. The summed E-state index contributed by atoms with van der Waals surface area (Å²) in [5.41, 5.74) is 1.19. The minimum atomic E-state index is 0.212. The maximum Gasteiger partial charge on any atom is 0.145 e. The smallest absolute Gasteiger partial charge is 0.145 e. The van der Waals surface area contributed by atoms with E-state index < -0.39 is 0 Å². The molecule has 86 valence electrons. The molecular weight excluding hydrogens is 204 g/mol. The van der Waals surface area contributed by atoms with Gasteiger partial charge in [0, 0.05) is 24.3 Å². The monoisotopic (exact) mass is 220 g/mol. The largest absolute Gasteiger partial charge is 0.484 e. The van der Waals surface area contributed by atoms with Gasteiger partial charge in [-0.05, 0) is 18.9 Å². The van der Waals surface area contributed by atoms with E-state index in [4.69, 9.17) is 9.47 Å². The third-order valence-corrected chi connectivity index (χ3v) is 2.93. The van der Waals surface area contributed by atoms with Crippen molar-refractivity contribution < 1.29 is 9.47 Å². The van der Waals surface area contributed by atoms with Crippen molar-refractivity contribution in [2.24, 2.45) is 0 Å². The van der Waals surface area contributed by atoms with Crippen molar-refractivity contribution in [3.05, 3.63) is 24.0 Å². The molecule has 2 heterocycles. The van der Waals surface area contributed by atoms with Crippen LogP contribution in [-0.2, 0) is 11.3 Å². The minimum Gasteiger partial charge on any atom is -0.484 e. The van der Waals surface area contributed by atoms with Crippen LogP contribution in [0.2, 0.25) is 0 Å². The highest BCUT2D eigenvalue weighted by molar-refractivity contribution is 5.30. The Labute approximate surface area is 95.0 Å². The van der Waals surface area contributed by atoms with Gasteiger partial charge in [0.1, 0.15) is 11.9 Å². The first-order chi connectivity index (χ1) is 7.92. The van der Waals surface area contributed by atoms with Gasteiger partial charge in [-0.15, -0.1) is 0 Å². The van der Waals surface area contributed by atoms with E-state index in [9.17, 15) is 0 Å². The zero-order chi connectivity index (χ0) is 10.8. The summed E-state index contributed by atoms with van der Waals surface area (Å²) in [6, 6.07) is 2.73. The lowest BCUT2D eigenvalue weighted by molar-refractivity contribution is -0.0801. The molecule has 0 atom stereocenters. The molecular formula is C12H16N2O2. The summed E-state index contributed by atoms with van der Waals surface area (Å²) < 4.78 is 10.9. The molecule has 4 heteroatoms. The van der Waals surface area contributed by atoms with E-state index in [0.717, 1.165) is 12.3 Å². The molecule has 3 rings (SSSR count). The Hall–Kier alpha value is -1.13. The predicted octanol–water partition coefficient (Wildman–Crippen LogP) is 1.11. The molecule has 4 nitrogen and oxygen atoms in total. The van der Waals surface area contributed by atoms with Gasteiger partial charge >= 0.3 is 0 Å². The summed E-state index contributed by atoms with van der Waals surface area (Å²) in [6.07, 6.45) is 6.43. The van der Waals surface area contributed by atoms with Crippen LogP contribution in [0.3, 0.4) is 0 Å². The molecule has 1 aliphatic heterocycles. The van der Waals surface area contributed by atoms with Crippen molar-refractivity contribution in [3.8, 4) is 5.75 Å². The van der Waals surface area contributed by atoms with Gasteiger partial charge in [0.15, 0.2) is 0 Å². The van der Waals surface area contributed by atoms with Crippen molar-refractivity contribution in [1.29, 1.82) is 0 Å². The molecule has 1 aliphatic carbocycles. The number of nitrogens with one attached hydrogen (secondary N) is 1. The van der Waals surface area contributed by atoms with E-state index in [1.165, 1.54) is 18.4 Å². The Kier molecular flexibility index (Phi) is 2.76. The maximum atomic E-state index is 5.81. The molecule has 2 fully saturated rings. The Bertz CT molecular complexity index is 362. The molecule has 0 radical (unpaired) electrons. The number of ether oxygens (including phenoxy) is 2. The van der Waals surface area contributed by atoms with Gasteiger partial charge in [0.05, 0.1) is 19.4 Å². The topological polar surface area (TPSA) is 43.4 Å². The van der Waals surface area contributed by atoms with Crippen LogP contribution >= 0.6 is 0 Å². The fourth-order valence-corrected chi connectivity index (χ4v) is 1.66. The van der Waals surface area contributed by atoms with Gasteiger partial charge in [-0.2, -0.15) is 0 Å². The first kappa shape index (κ1) is 10.1. The second-order valence-corrected chi connectivity index (χ2v) is 4.42. The summed E-state index contributed by atoms with van der Waals surface area (Å²) in [5, 5.41) is 3.48. The first-order valence-corrected chi connectivity index (χ1v) is 5.82. The fourth-order valence-electron chi connectivity index (χ4n) is 1.66. The summed E-state index contributed by atoms with van der Waals surface area (Å²) >= 11 is 0. The number of pyridine rings is 1. The number of nitrogens with zero attached hydrogens (tertiary/aromatic N) is 1. The molecule has 1 saturated heterocycles. The molecule has 1 aromatic heterocycles. The van der Waals surface area contributed by atoms with Crippen LogP contribution in [0.15, 0.2) is 18.5 Å². The maximum absolute atomic E-state index is 5.81.